The fraction of sp³-hybridized carbons (Fsp3) is 0.368. The number of aromatic nitrogens is 5. The van der Waals surface area contributed by atoms with Crippen LogP contribution in [0.3, 0.4) is 0 Å². The molecule has 1 aliphatic rings. The van der Waals surface area contributed by atoms with Crippen molar-refractivity contribution in [3.8, 4) is 11.4 Å². The Hall–Kier alpha value is -3.29. The van der Waals surface area contributed by atoms with Crippen LogP contribution in [0.15, 0.2) is 42.7 Å². The van der Waals surface area contributed by atoms with Crippen molar-refractivity contribution in [1.82, 2.24) is 25.0 Å². The van der Waals surface area contributed by atoms with Crippen LogP contribution in [-0.2, 0) is 10.9 Å². The first kappa shape index (κ1) is 21.9. The molecule has 32 heavy (non-hydrogen) atoms. The zero-order chi connectivity index (χ0) is 22.9. The molecule has 0 unspecified atom stereocenters. The number of halogens is 3. The maximum Gasteiger partial charge on any atom is 0.433 e. The highest BCUT2D eigenvalue weighted by Crippen LogP contribution is 2.30. The molecule has 13 heteroatoms. The van der Waals surface area contributed by atoms with Gasteiger partial charge >= 0.3 is 6.18 Å². The summed E-state index contributed by atoms with van der Waals surface area (Å²) in [6, 6.07) is 6.85. The van der Waals surface area contributed by atoms with Crippen LogP contribution < -0.4 is 10.1 Å². The van der Waals surface area contributed by atoms with Crippen LogP contribution in [0, 0.1) is 0 Å². The lowest BCUT2D eigenvalue weighted by atomic mass is 9.96. The lowest BCUT2D eigenvalue weighted by molar-refractivity contribution is -0.144. The summed E-state index contributed by atoms with van der Waals surface area (Å²) in [5.41, 5.74) is -0.197. The predicted molar refractivity (Wildman–Crippen MR) is 103 cm³/mol. The molecular formula is C19H19F3N6O4. The second-order valence-electron chi connectivity index (χ2n) is 7.04. The molecule has 3 aromatic rings. The second-order valence-corrected chi connectivity index (χ2v) is 7.04. The molecule has 4 rings (SSSR count). The van der Waals surface area contributed by atoms with Crippen LogP contribution in [0.1, 0.15) is 17.5 Å². The van der Waals surface area contributed by atoms with E-state index >= 15 is 0 Å². The summed E-state index contributed by atoms with van der Waals surface area (Å²) in [6.07, 6.45) is -5.97. The quantitative estimate of drug-likeness (QED) is 0.526. The number of nitrogens with one attached hydrogen (secondary N) is 1. The Balaban J connectivity index is 1.46. The van der Waals surface area contributed by atoms with Gasteiger partial charge in [-0.2, -0.15) is 13.2 Å². The van der Waals surface area contributed by atoms with E-state index in [0.29, 0.717) is 11.4 Å². The summed E-state index contributed by atoms with van der Waals surface area (Å²) in [6.45, 7) is -0.144. The van der Waals surface area contributed by atoms with Crippen molar-refractivity contribution in [2.75, 3.05) is 19.0 Å². The zero-order valence-corrected chi connectivity index (χ0v) is 16.6. The van der Waals surface area contributed by atoms with Crippen LogP contribution in [0.25, 0.3) is 5.69 Å². The molecule has 3 N–H and O–H groups in total. The Kier molecular flexibility index (Phi) is 5.95. The van der Waals surface area contributed by atoms with Crippen LogP contribution in [0.4, 0.5) is 19.1 Å². The Morgan fingerprint density at radius 2 is 2.03 bits per heavy atom. The van der Waals surface area contributed by atoms with Crippen molar-refractivity contribution in [2.24, 2.45) is 0 Å². The van der Waals surface area contributed by atoms with Gasteiger partial charge in [-0.25, -0.2) is 14.6 Å². The monoisotopic (exact) mass is 452 g/mol. The number of hydrogen-bond acceptors (Lipinski definition) is 9. The molecule has 3 heterocycles. The highest BCUT2D eigenvalue weighted by molar-refractivity contribution is 5.38. The minimum Gasteiger partial charge on any atom is -0.497 e. The summed E-state index contributed by atoms with van der Waals surface area (Å²) in [7, 11) is 1.54. The normalized spacial score (nSPS) is 23.7. The van der Waals surface area contributed by atoms with Crippen molar-refractivity contribution >= 4 is 5.95 Å². The average molecular weight is 452 g/mol. The fourth-order valence-electron chi connectivity index (χ4n) is 3.25. The van der Waals surface area contributed by atoms with Gasteiger partial charge in [0.15, 0.2) is 0 Å². The van der Waals surface area contributed by atoms with Gasteiger partial charge in [-0.05, 0) is 18.2 Å². The molecule has 0 amide bonds. The Labute approximate surface area is 179 Å². The Bertz CT molecular complexity index is 1080. The van der Waals surface area contributed by atoms with E-state index in [1.54, 1.807) is 30.5 Å². The van der Waals surface area contributed by atoms with Crippen molar-refractivity contribution in [1.29, 1.82) is 0 Å². The number of nitrogens with zero attached hydrogens (tertiary/aromatic N) is 5. The van der Waals surface area contributed by atoms with E-state index in [4.69, 9.17) is 9.47 Å². The number of hydrogen-bond donors (Lipinski definition) is 3. The number of anilines is 1. The molecule has 1 aromatic carbocycles. The van der Waals surface area contributed by atoms with E-state index in [0.717, 1.165) is 12.3 Å². The maximum absolute atomic E-state index is 12.8. The van der Waals surface area contributed by atoms with Crippen LogP contribution >= 0.6 is 0 Å². The molecule has 1 aliphatic heterocycles. The third kappa shape index (κ3) is 4.49. The van der Waals surface area contributed by atoms with Crippen LogP contribution in [-0.4, -0.2) is 67.1 Å². The zero-order valence-electron chi connectivity index (χ0n) is 16.6. The Morgan fingerprint density at radius 3 is 2.78 bits per heavy atom. The minimum absolute atomic E-state index is 0.144. The molecule has 10 nitrogen and oxygen atoms in total. The molecule has 0 saturated carbocycles. The van der Waals surface area contributed by atoms with Gasteiger partial charge in [-0.3, -0.25) is 0 Å². The molecule has 0 radical (unpaired) electrons. The molecule has 2 aromatic heterocycles. The summed E-state index contributed by atoms with van der Waals surface area (Å²) in [4.78, 5) is 7.12. The summed E-state index contributed by atoms with van der Waals surface area (Å²) in [5.74, 6) is 0.275. The number of aliphatic hydroxyl groups is 2. The van der Waals surface area contributed by atoms with Crippen molar-refractivity contribution in [3.63, 3.8) is 0 Å². The third-order valence-corrected chi connectivity index (χ3v) is 4.91. The maximum atomic E-state index is 12.8. The molecule has 1 saturated heterocycles. The minimum atomic E-state index is -4.64. The molecule has 0 bridgehead atoms. The predicted octanol–water partition coefficient (Wildman–Crippen LogP) is 1.36. The SMILES string of the molecule is COc1cccc(-n2cc([C@H]3OC[C@H](Nc4nccc(C(F)(F)F)n4)[C@@H](O)[C@H]3O)nn2)c1. The first-order valence-corrected chi connectivity index (χ1v) is 9.47. The van der Waals surface area contributed by atoms with Gasteiger partial charge < -0.3 is 25.0 Å². The van der Waals surface area contributed by atoms with E-state index in [-0.39, 0.29) is 18.2 Å². The van der Waals surface area contributed by atoms with E-state index in [1.165, 1.54) is 11.8 Å². The second kappa shape index (κ2) is 8.68. The number of aliphatic hydroxyl groups excluding tert-OH is 2. The fourth-order valence-corrected chi connectivity index (χ4v) is 3.25. The number of ether oxygens (including phenoxy) is 2. The third-order valence-electron chi connectivity index (χ3n) is 4.91. The smallest absolute Gasteiger partial charge is 0.433 e. The van der Waals surface area contributed by atoms with Crippen molar-refractivity contribution in [2.45, 2.75) is 30.5 Å². The van der Waals surface area contributed by atoms with E-state index in [9.17, 15) is 23.4 Å². The molecule has 0 aliphatic carbocycles. The van der Waals surface area contributed by atoms with Gasteiger partial charge in [0.25, 0.3) is 0 Å². The lowest BCUT2D eigenvalue weighted by Gasteiger charge is -2.37. The molecule has 4 atom stereocenters. The average Bonchev–Trinajstić information content (AvgIpc) is 3.27. The molecule has 0 spiro atoms. The number of rotatable bonds is 5. The van der Waals surface area contributed by atoms with Gasteiger partial charge in [0.05, 0.1) is 31.6 Å². The summed E-state index contributed by atoms with van der Waals surface area (Å²) in [5, 5.41) is 31.7. The van der Waals surface area contributed by atoms with Gasteiger partial charge in [0, 0.05) is 12.3 Å². The molecule has 1 fully saturated rings. The Morgan fingerprint density at radius 1 is 1.22 bits per heavy atom. The van der Waals surface area contributed by atoms with Crippen LogP contribution in [0.5, 0.6) is 5.75 Å². The van der Waals surface area contributed by atoms with E-state index < -0.39 is 36.2 Å². The molecule has 170 valence electrons. The number of alkyl halides is 3. The van der Waals surface area contributed by atoms with Crippen molar-refractivity contribution in [3.05, 3.63) is 54.1 Å². The first-order valence-electron chi connectivity index (χ1n) is 9.47. The first-order chi connectivity index (χ1) is 15.3. The van der Waals surface area contributed by atoms with Gasteiger partial charge in [0.1, 0.15) is 35.4 Å². The number of methoxy groups -OCH3 is 1. The molecular weight excluding hydrogens is 433 g/mol. The van der Waals surface area contributed by atoms with Gasteiger partial charge in [-0.1, -0.05) is 11.3 Å². The van der Waals surface area contributed by atoms with Crippen molar-refractivity contribution < 1.29 is 32.9 Å². The lowest BCUT2D eigenvalue weighted by Crippen LogP contribution is -2.52. The summed E-state index contributed by atoms with van der Waals surface area (Å²) < 4.78 is 50.8. The number of benzene rings is 1. The van der Waals surface area contributed by atoms with Crippen LogP contribution in [0.2, 0.25) is 0 Å². The summed E-state index contributed by atoms with van der Waals surface area (Å²) >= 11 is 0. The van der Waals surface area contributed by atoms with Gasteiger partial charge in [0.2, 0.25) is 5.95 Å². The standard InChI is InChI=1S/C19H19F3N6O4/c1-31-11-4-2-3-10(7-11)28-8-12(26-27-28)17-16(30)15(29)13(9-32-17)24-18-23-6-5-14(25-18)19(20,21)22/h2-8,13,15-17,29-30H,9H2,1H3,(H,23,24,25)/t13-,15+,16+,17+/m0/s1. The topological polar surface area (TPSA) is 127 Å². The van der Waals surface area contributed by atoms with Gasteiger partial charge in [-0.15, -0.1) is 5.10 Å². The highest BCUT2D eigenvalue weighted by atomic mass is 19.4. The van der Waals surface area contributed by atoms with E-state index in [2.05, 4.69) is 25.6 Å². The van der Waals surface area contributed by atoms with E-state index in [1.807, 2.05) is 0 Å². The highest BCUT2D eigenvalue weighted by Gasteiger charge is 2.41. The largest absolute Gasteiger partial charge is 0.497 e.